The highest BCUT2D eigenvalue weighted by Crippen LogP contribution is 2.35. The van der Waals surface area contributed by atoms with Crippen LogP contribution in [0.25, 0.3) is 0 Å². The second kappa shape index (κ2) is 4.29. The van der Waals surface area contributed by atoms with Crippen molar-refractivity contribution in [2.24, 2.45) is 0 Å². The monoisotopic (exact) mass is 253 g/mol. The highest BCUT2D eigenvalue weighted by atomic mass is 35.5. The van der Waals surface area contributed by atoms with Crippen molar-refractivity contribution in [3.63, 3.8) is 0 Å². The molecule has 0 atom stereocenters. The van der Waals surface area contributed by atoms with E-state index in [1.807, 2.05) is 0 Å². The number of hydrogen-bond donors (Lipinski definition) is 1. The van der Waals surface area contributed by atoms with Gasteiger partial charge in [-0.05, 0) is 12.0 Å². The number of hydrogen-bond acceptors (Lipinski definition) is 2. The summed E-state index contributed by atoms with van der Waals surface area (Å²) in [7, 11) is 0. The fourth-order valence-corrected chi connectivity index (χ4v) is 1.63. The molecule has 0 fully saturated rings. The van der Waals surface area contributed by atoms with Gasteiger partial charge in [-0.15, -0.1) is 0 Å². The maximum atomic E-state index is 12.5. The first-order chi connectivity index (χ1) is 7.29. The predicted molar refractivity (Wildman–Crippen MR) is 50.6 cm³/mol. The Kier molecular flexibility index (Phi) is 3.42. The molecule has 0 unspecified atom stereocenters. The van der Waals surface area contributed by atoms with E-state index in [2.05, 4.69) is 4.98 Å². The molecule has 0 aliphatic heterocycles. The van der Waals surface area contributed by atoms with Gasteiger partial charge in [0.25, 0.3) is 0 Å². The second-order valence-corrected chi connectivity index (χ2v) is 3.35. The number of aromatic carboxylic acids is 1. The van der Waals surface area contributed by atoms with Crippen LogP contribution in [0.1, 0.15) is 28.5 Å². The van der Waals surface area contributed by atoms with Crippen molar-refractivity contribution in [3.05, 3.63) is 28.0 Å². The van der Waals surface area contributed by atoms with Gasteiger partial charge in [0.15, 0.2) is 5.69 Å². The number of nitrogens with zero attached hydrogens (tertiary/aromatic N) is 1. The van der Waals surface area contributed by atoms with Crippen LogP contribution in [0.3, 0.4) is 0 Å². The first kappa shape index (κ1) is 12.8. The minimum atomic E-state index is -4.58. The summed E-state index contributed by atoms with van der Waals surface area (Å²) < 4.78 is 37.5. The van der Waals surface area contributed by atoms with Crippen LogP contribution in [0.5, 0.6) is 0 Å². The van der Waals surface area contributed by atoms with Crippen LogP contribution < -0.4 is 0 Å². The van der Waals surface area contributed by atoms with E-state index in [-0.39, 0.29) is 12.0 Å². The van der Waals surface area contributed by atoms with E-state index in [0.717, 1.165) is 0 Å². The van der Waals surface area contributed by atoms with Crippen LogP contribution >= 0.6 is 11.6 Å². The average Bonchev–Trinajstić information content (AvgIpc) is 2.15. The van der Waals surface area contributed by atoms with Crippen LogP contribution in [-0.2, 0) is 12.6 Å². The Morgan fingerprint density at radius 3 is 2.50 bits per heavy atom. The number of halogens is 4. The van der Waals surface area contributed by atoms with Crippen LogP contribution in [0.15, 0.2) is 6.20 Å². The van der Waals surface area contributed by atoms with Crippen LogP contribution in [0.2, 0.25) is 5.02 Å². The van der Waals surface area contributed by atoms with E-state index in [4.69, 9.17) is 16.7 Å². The number of aromatic nitrogens is 1. The Morgan fingerprint density at radius 1 is 1.56 bits per heavy atom. The number of carboxylic acids is 1. The normalized spacial score (nSPS) is 11.6. The molecule has 0 aliphatic carbocycles. The Bertz CT molecular complexity index is 431. The molecule has 1 N–H and O–H groups in total. The summed E-state index contributed by atoms with van der Waals surface area (Å²) in [5, 5.41) is 8.20. The Labute approximate surface area is 93.9 Å². The van der Waals surface area contributed by atoms with Gasteiger partial charge in [0.1, 0.15) is 0 Å². The summed E-state index contributed by atoms with van der Waals surface area (Å²) in [5.41, 5.74) is -1.81. The largest absolute Gasteiger partial charge is 0.476 e. The number of pyridine rings is 1. The molecular weight excluding hydrogens is 247 g/mol. The molecule has 0 spiro atoms. The Morgan fingerprint density at radius 2 is 2.12 bits per heavy atom. The molecule has 0 saturated carbocycles. The zero-order valence-corrected chi connectivity index (χ0v) is 8.85. The molecule has 16 heavy (non-hydrogen) atoms. The second-order valence-electron chi connectivity index (χ2n) is 2.97. The van der Waals surface area contributed by atoms with Crippen molar-refractivity contribution in [2.75, 3.05) is 0 Å². The lowest BCUT2D eigenvalue weighted by atomic mass is 10.1. The maximum absolute atomic E-state index is 12.5. The summed E-state index contributed by atoms with van der Waals surface area (Å²) in [5.74, 6) is -1.45. The quantitative estimate of drug-likeness (QED) is 0.881. The SMILES string of the molecule is CCc1c(C(F)(F)F)cnc(C(=O)O)c1Cl. The van der Waals surface area contributed by atoms with E-state index in [1.54, 1.807) is 0 Å². The highest BCUT2D eigenvalue weighted by Gasteiger charge is 2.35. The lowest BCUT2D eigenvalue weighted by Gasteiger charge is -2.13. The fourth-order valence-electron chi connectivity index (χ4n) is 1.26. The summed E-state index contributed by atoms with van der Waals surface area (Å²) >= 11 is 5.57. The fraction of sp³-hybridized carbons (Fsp3) is 0.333. The molecule has 0 aliphatic rings. The van der Waals surface area contributed by atoms with Crippen molar-refractivity contribution in [3.8, 4) is 0 Å². The molecule has 1 aromatic rings. The van der Waals surface area contributed by atoms with Crippen molar-refractivity contribution in [1.82, 2.24) is 4.98 Å². The molecule has 0 saturated heterocycles. The van der Waals surface area contributed by atoms with Gasteiger partial charge in [-0.3, -0.25) is 0 Å². The lowest BCUT2D eigenvalue weighted by molar-refractivity contribution is -0.138. The van der Waals surface area contributed by atoms with Crippen LogP contribution in [0.4, 0.5) is 13.2 Å². The van der Waals surface area contributed by atoms with E-state index in [9.17, 15) is 18.0 Å². The van der Waals surface area contributed by atoms with E-state index < -0.39 is 28.4 Å². The molecule has 7 heteroatoms. The Balaban J connectivity index is 3.47. The van der Waals surface area contributed by atoms with E-state index >= 15 is 0 Å². The van der Waals surface area contributed by atoms with Gasteiger partial charge in [0.2, 0.25) is 0 Å². The summed E-state index contributed by atoms with van der Waals surface area (Å²) in [6, 6.07) is 0. The molecular formula is C9H7ClF3NO2. The zero-order valence-electron chi connectivity index (χ0n) is 8.10. The van der Waals surface area contributed by atoms with Crippen molar-refractivity contribution < 1.29 is 23.1 Å². The van der Waals surface area contributed by atoms with Gasteiger partial charge in [-0.1, -0.05) is 18.5 Å². The average molecular weight is 254 g/mol. The van der Waals surface area contributed by atoms with Crippen molar-refractivity contribution in [1.29, 1.82) is 0 Å². The first-order valence-electron chi connectivity index (χ1n) is 4.26. The van der Waals surface area contributed by atoms with E-state index in [1.165, 1.54) is 6.92 Å². The Hall–Kier alpha value is -1.30. The molecule has 3 nitrogen and oxygen atoms in total. The summed E-state index contributed by atoms with van der Waals surface area (Å²) in [6.45, 7) is 1.46. The van der Waals surface area contributed by atoms with Crippen LogP contribution in [-0.4, -0.2) is 16.1 Å². The molecule has 0 amide bonds. The predicted octanol–water partition coefficient (Wildman–Crippen LogP) is 3.01. The van der Waals surface area contributed by atoms with Gasteiger partial charge in [-0.2, -0.15) is 13.2 Å². The molecule has 88 valence electrons. The number of carboxylic acid groups (broad SMARTS) is 1. The summed E-state index contributed by atoms with van der Waals surface area (Å²) in [6.07, 6.45) is -4.11. The number of alkyl halides is 3. The first-order valence-corrected chi connectivity index (χ1v) is 4.64. The van der Waals surface area contributed by atoms with Gasteiger partial charge in [0, 0.05) is 6.20 Å². The third-order valence-electron chi connectivity index (χ3n) is 1.98. The van der Waals surface area contributed by atoms with E-state index in [0.29, 0.717) is 6.20 Å². The van der Waals surface area contributed by atoms with Crippen molar-refractivity contribution >= 4 is 17.6 Å². The molecule has 0 radical (unpaired) electrons. The molecule has 0 bridgehead atoms. The van der Waals surface area contributed by atoms with Gasteiger partial charge < -0.3 is 5.11 Å². The van der Waals surface area contributed by atoms with Gasteiger partial charge in [0.05, 0.1) is 10.6 Å². The van der Waals surface area contributed by atoms with Gasteiger partial charge in [-0.25, -0.2) is 9.78 Å². The zero-order chi connectivity index (χ0) is 12.5. The minimum absolute atomic E-state index is 0.0174. The maximum Gasteiger partial charge on any atom is 0.418 e. The minimum Gasteiger partial charge on any atom is -0.476 e. The number of rotatable bonds is 2. The summed E-state index contributed by atoms with van der Waals surface area (Å²) in [4.78, 5) is 13.8. The third kappa shape index (κ3) is 2.27. The lowest BCUT2D eigenvalue weighted by Crippen LogP contribution is -2.13. The smallest absolute Gasteiger partial charge is 0.418 e. The molecule has 1 rings (SSSR count). The number of carbonyl (C=O) groups is 1. The topological polar surface area (TPSA) is 50.2 Å². The third-order valence-corrected chi connectivity index (χ3v) is 2.39. The van der Waals surface area contributed by atoms with Gasteiger partial charge >= 0.3 is 12.1 Å². The van der Waals surface area contributed by atoms with Crippen molar-refractivity contribution in [2.45, 2.75) is 19.5 Å². The standard InChI is InChI=1S/C9H7ClF3NO2/c1-2-4-5(9(11,12)13)3-14-7(6(4)10)8(15)16/h3H,2H2,1H3,(H,15,16). The van der Waals surface area contributed by atoms with Crippen LogP contribution in [0, 0.1) is 0 Å². The molecule has 0 aromatic carbocycles. The highest BCUT2D eigenvalue weighted by molar-refractivity contribution is 6.34. The molecule has 1 aromatic heterocycles. The molecule has 1 heterocycles.